The van der Waals surface area contributed by atoms with Gasteiger partial charge in [-0.1, -0.05) is 29.5 Å². The normalized spacial score (nSPS) is 15.2. The Morgan fingerprint density at radius 1 is 1.33 bits per heavy atom. The third kappa shape index (κ3) is 4.96. The number of nitrogens with zero attached hydrogens (tertiary/aromatic N) is 2. The third-order valence-electron chi connectivity index (χ3n) is 3.26. The van der Waals surface area contributed by atoms with E-state index < -0.39 is 0 Å². The van der Waals surface area contributed by atoms with Gasteiger partial charge >= 0.3 is 6.09 Å². The monoisotopic (exact) mass is 306 g/mol. The van der Waals surface area contributed by atoms with Crippen molar-refractivity contribution in [3.63, 3.8) is 0 Å². The predicted molar refractivity (Wildman–Crippen MR) is 83.4 cm³/mol. The zero-order valence-corrected chi connectivity index (χ0v) is 12.9. The van der Waals surface area contributed by atoms with Crippen LogP contribution >= 0.6 is 11.6 Å². The van der Waals surface area contributed by atoms with Crippen LogP contribution in [0.1, 0.15) is 12.5 Å². The van der Waals surface area contributed by atoms with Crippen molar-refractivity contribution in [3.8, 4) is 11.8 Å². The molecule has 4 nitrogen and oxygen atoms in total. The first-order valence-corrected chi connectivity index (χ1v) is 7.45. The highest BCUT2D eigenvalue weighted by Crippen LogP contribution is 2.09. The van der Waals surface area contributed by atoms with Gasteiger partial charge in [-0.25, -0.2) is 4.79 Å². The summed E-state index contributed by atoms with van der Waals surface area (Å²) in [5.74, 6) is 6.26. The number of ether oxygens (including phenoxy) is 1. The molecule has 0 saturated carbocycles. The second-order valence-corrected chi connectivity index (χ2v) is 5.21. The Morgan fingerprint density at radius 3 is 2.76 bits per heavy atom. The Labute approximate surface area is 130 Å². The van der Waals surface area contributed by atoms with Crippen LogP contribution in [0.2, 0.25) is 5.02 Å². The lowest BCUT2D eigenvalue weighted by Crippen LogP contribution is -2.48. The van der Waals surface area contributed by atoms with E-state index in [-0.39, 0.29) is 6.09 Å². The van der Waals surface area contributed by atoms with Gasteiger partial charge < -0.3 is 9.64 Å². The Hall–Kier alpha value is -1.70. The fourth-order valence-electron chi connectivity index (χ4n) is 2.12. The Morgan fingerprint density at radius 2 is 2.10 bits per heavy atom. The fourth-order valence-corrected chi connectivity index (χ4v) is 2.31. The Kier molecular flexibility index (Phi) is 5.91. The lowest BCUT2D eigenvalue weighted by molar-refractivity contribution is 0.0829. The quantitative estimate of drug-likeness (QED) is 0.787. The van der Waals surface area contributed by atoms with Crippen LogP contribution in [0.4, 0.5) is 4.79 Å². The zero-order valence-electron chi connectivity index (χ0n) is 12.1. The summed E-state index contributed by atoms with van der Waals surface area (Å²) >= 11 is 5.92. The molecule has 0 aliphatic carbocycles. The topological polar surface area (TPSA) is 32.8 Å². The molecule has 1 heterocycles. The maximum Gasteiger partial charge on any atom is 0.409 e. The molecular weight excluding hydrogens is 288 g/mol. The summed E-state index contributed by atoms with van der Waals surface area (Å²) in [6, 6.07) is 7.52. The van der Waals surface area contributed by atoms with E-state index in [9.17, 15) is 4.79 Å². The van der Waals surface area contributed by atoms with Gasteiger partial charge in [-0.3, -0.25) is 4.90 Å². The first-order chi connectivity index (χ1) is 10.2. The standard InChI is InChI=1S/C16H19ClN2O2/c1-2-21-16(20)19-11-9-18(10-12-19)8-4-6-14-5-3-7-15(17)13-14/h3,5,7,13H,2,8-12H2,1H3. The van der Waals surface area contributed by atoms with Crippen LogP contribution in [0.3, 0.4) is 0 Å². The zero-order chi connectivity index (χ0) is 15.1. The highest BCUT2D eigenvalue weighted by atomic mass is 35.5. The van der Waals surface area contributed by atoms with Gasteiger partial charge in [0.1, 0.15) is 0 Å². The van der Waals surface area contributed by atoms with Crippen LogP contribution in [-0.4, -0.2) is 55.2 Å². The minimum absolute atomic E-state index is 0.220. The van der Waals surface area contributed by atoms with Crippen LogP contribution in [0.15, 0.2) is 24.3 Å². The summed E-state index contributed by atoms with van der Waals surface area (Å²) in [7, 11) is 0. The predicted octanol–water partition coefficient (Wildman–Crippen LogP) is 2.47. The van der Waals surface area contributed by atoms with E-state index in [1.54, 1.807) is 4.90 Å². The first-order valence-electron chi connectivity index (χ1n) is 7.07. The summed E-state index contributed by atoms with van der Waals surface area (Å²) < 4.78 is 4.99. The summed E-state index contributed by atoms with van der Waals surface area (Å²) in [6.45, 7) is 5.97. The average molecular weight is 307 g/mol. The molecule has 1 fully saturated rings. The molecule has 1 amide bonds. The molecule has 0 spiro atoms. The largest absolute Gasteiger partial charge is 0.450 e. The lowest BCUT2D eigenvalue weighted by atomic mass is 10.2. The van der Waals surface area contributed by atoms with Gasteiger partial charge in [0.25, 0.3) is 0 Å². The molecule has 0 N–H and O–H groups in total. The molecule has 0 bridgehead atoms. The van der Waals surface area contributed by atoms with Crippen LogP contribution in [-0.2, 0) is 4.74 Å². The molecule has 0 aromatic heterocycles. The van der Waals surface area contributed by atoms with E-state index in [4.69, 9.17) is 16.3 Å². The number of carbonyl (C=O) groups excluding carboxylic acids is 1. The first kappa shape index (κ1) is 15.7. The maximum atomic E-state index is 11.6. The SMILES string of the molecule is CCOC(=O)N1CCN(CC#Cc2cccc(Cl)c2)CC1. The highest BCUT2D eigenvalue weighted by Gasteiger charge is 2.20. The molecule has 1 aliphatic heterocycles. The van der Waals surface area contributed by atoms with Crippen molar-refractivity contribution < 1.29 is 9.53 Å². The van der Waals surface area contributed by atoms with Gasteiger partial charge in [-0.15, -0.1) is 0 Å². The maximum absolute atomic E-state index is 11.6. The minimum atomic E-state index is -0.220. The fraction of sp³-hybridized carbons (Fsp3) is 0.438. The molecule has 1 aliphatic rings. The Balaban J connectivity index is 1.78. The second-order valence-electron chi connectivity index (χ2n) is 4.77. The summed E-state index contributed by atoms with van der Waals surface area (Å²) in [5, 5.41) is 0.699. The van der Waals surface area contributed by atoms with Gasteiger partial charge in [0, 0.05) is 36.8 Å². The van der Waals surface area contributed by atoms with E-state index in [0.717, 1.165) is 18.7 Å². The molecule has 1 saturated heterocycles. The highest BCUT2D eigenvalue weighted by molar-refractivity contribution is 6.30. The molecule has 0 atom stereocenters. The van der Waals surface area contributed by atoms with Gasteiger partial charge in [0.15, 0.2) is 0 Å². The number of benzene rings is 1. The summed E-state index contributed by atoms with van der Waals surface area (Å²) in [6.07, 6.45) is -0.220. The van der Waals surface area contributed by atoms with E-state index in [1.807, 2.05) is 31.2 Å². The van der Waals surface area contributed by atoms with Crippen LogP contribution in [0.25, 0.3) is 0 Å². The molecule has 0 unspecified atom stereocenters. The molecule has 5 heteroatoms. The van der Waals surface area contributed by atoms with Gasteiger partial charge in [-0.05, 0) is 25.1 Å². The molecule has 2 rings (SSSR count). The van der Waals surface area contributed by atoms with E-state index in [1.165, 1.54) is 0 Å². The van der Waals surface area contributed by atoms with Gasteiger partial charge in [-0.2, -0.15) is 0 Å². The number of piperazine rings is 1. The van der Waals surface area contributed by atoms with Gasteiger partial charge in [0.05, 0.1) is 13.2 Å². The number of hydrogen-bond donors (Lipinski definition) is 0. The molecule has 21 heavy (non-hydrogen) atoms. The number of halogens is 1. The number of hydrogen-bond acceptors (Lipinski definition) is 3. The van der Waals surface area contributed by atoms with Crippen molar-refractivity contribution in [3.05, 3.63) is 34.9 Å². The van der Waals surface area contributed by atoms with E-state index >= 15 is 0 Å². The second kappa shape index (κ2) is 7.92. The van der Waals surface area contributed by atoms with Crippen molar-refractivity contribution >= 4 is 17.7 Å². The lowest BCUT2D eigenvalue weighted by Gasteiger charge is -2.32. The molecule has 1 aromatic carbocycles. The summed E-state index contributed by atoms with van der Waals surface area (Å²) in [5.41, 5.74) is 0.924. The number of carbonyl (C=O) groups is 1. The van der Waals surface area contributed by atoms with Gasteiger partial charge in [0.2, 0.25) is 0 Å². The molecule has 112 valence electrons. The van der Waals surface area contributed by atoms with Crippen molar-refractivity contribution in [1.82, 2.24) is 9.80 Å². The van der Waals surface area contributed by atoms with Crippen molar-refractivity contribution in [2.24, 2.45) is 0 Å². The van der Waals surface area contributed by atoms with Crippen LogP contribution in [0, 0.1) is 11.8 Å². The smallest absolute Gasteiger partial charge is 0.409 e. The van der Waals surface area contributed by atoms with Crippen molar-refractivity contribution in [2.75, 3.05) is 39.3 Å². The number of amides is 1. The number of rotatable bonds is 2. The Bertz CT molecular complexity index is 543. The van der Waals surface area contributed by atoms with Crippen LogP contribution in [0.5, 0.6) is 0 Å². The van der Waals surface area contributed by atoms with Crippen LogP contribution < -0.4 is 0 Å². The average Bonchev–Trinajstić information content (AvgIpc) is 2.48. The van der Waals surface area contributed by atoms with E-state index in [2.05, 4.69) is 16.7 Å². The summed E-state index contributed by atoms with van der Waals surface area (Å²) in [4.78, 5) is 15.6. The van der Waals surface area contributed by atoms with E-state index in [0.29, 0.717) is 31.3 Å². The third-order valence-corrected chi connectivity index (χ3v) is 3.49. The molecule has 0 radical (unpaired) electrons. The van der Waals surface area contributed by atoms with Crippen molar-refractivity contribution in [1.29, 1.82) is 0 Å². The molecule has 1 aromatic rings. The molecular formula is C16H19ClN2O2. The van der Waals surface area contributed by atoms with Crippen molar-refractivity contribution in [2.45, 2.75) is 6.92 Å². The minimum Gasteiger partial charge on any atom is -0.450 e.